The SMILES string of the molecule is O=C(c1cc2ccccc2[nH]c1=O)N1CCCC[C@H]1CCn1cccn1. The molecule has 1 fully saturated rings. The summed E-state index contributed by atoms with van der Waals surface area (Å²) in [7, 11) is 0. The highest BCUT2D eigenvalue weighted by Crippen LogP contribution is 2.22. The molecular formula is C20H22N4O2. The van der Waals surface area contributed by atoms with Crippen molar-refractivity contribution in [2.24, 2.45) is 0 Å². The van der Waals surface area contributed by atoms with E-state index in [-0.39, 0.29) is 23.1 Å². The second-order valence-electron chi connectivity index (χ2n) is 6.81. The molecule has 134 valence electrons. The summed E-state index contributed by atoms with van der Waals surface area (Å²) in [6.45, 7) is 1.48. The van der Waals surface area contributed by atoms with Crippen molar-refractivity contribution in [2.45, 2.75) is 38.3 Å². The van der Waals surface area contributed by atoms with Crippen molar-refractivity contribution in [2.75, 3.05) is 6.54 Å². The van der Waals surface area contributed by atoms with Crippen molar-refractivity contribution < 1.29 is 4.79 Å². The number of nitrogens with zero attached hydrogens (tertiary/aromatic N) is 3. The quantitative estimate of drug-likeness (QED) is 0.786. The Bertz CT molecular complexity index is 961. The first-order chi connectivity index (χ1) is 12.7. The Hall–Kier alpha value is -2.89. The molecule has 1 aliphatic heterocycles. The van der Waals surface area contributed by atoms with Crippen LogP contribution < -0.4 is 5.56 Å². The van der Waals surface area contributed by atoms with E-state index < -0.39 is 0 Å². The number of rotatable bonds is 4. The number of benzene rings is 1. The van der Waals surface area contributed by atoms with Crippen molar-refractivity contribution in [3.8, 4) is 0 Å². The molecule has 1 aromatic carbocycles. The normalized spacial score (nSPS) is 17.5. The number of para-hydroxylation sites is 1. The Kier molecular flexibility index (Phi) is 4.56. The molecule has 26 heavy (non-hydrogen) atoms. The van der Waals surface area contributed by atoms with Crippen molar-refractivity contribution >= 4 is 16.8 Å². The van der Waals surface area contributed by atoms with E-state index in [0.717, 1.165) is 43.1 Å². The number of aryl methyl sites for hydroxylation is 1. The van der Waals surface area contributed by atoms with E-state index in [0.29, 0.717) is 6.54 Å². The molecule has 0 aliphatic carbocycles. The lowest BCUT2D eigenvalue weighted by molar-refractivity contribution is 0.0592. The summed E-state index contributed by atoms with van der Waals surface area (Å²) in [5, 5.41) is 5.11. The van der Waals surface area contributed by atoms with Gasteiger partial charge in [0.25, 0.3) is 11.5 Å². The fourth-order valence-corrected chi connectivity index (χ4v) is 3.74. The van der Waals surface area contributed by atoms with Crippen LogP contribution in [0.25, 0.3) is 10.9 Å². The smallest absolute Gasteiger partial charge is 0.261 e. The first-order valence-corrected chi connectivity index (χ1v) is 9.13. The minimum absolute atomic E-state index is 0.145. The number of pyridine rings is 1. The van der Waals surface area contributed by atoms with Crippen LogP contribution in [0.4, 0.5) is 0 Å². The molecule has 1 amide bonds. The molecule has 1 N–H and O–H groups in total. The Morgan fingerprint density at radius 1 is 1.23 bits per heavy atom. The summed E-state index contributed by atoms with van der Waals surface area (Å²) in [6, 6.07) is 11.3. The maximum Gasteiger partial charge on any atom is 0.261 e. The summed E-state index contributed by atoms with van der Waals surface area (Å²) in [5.41, 5.74) is 0.669. The second-order valence-corrected chi connectivity index (χ2v) is 6.81. The number of H-pyrrole nitrogens is 1. The first kappa shape index (κ1) is 16.6. The van der Waals surface area contributed by atoms with Crippen molar-refractivity contribution in [1.29, 1.82) is 0 Å². The van der Waals surface area contributed by atoms with Crippen LogP contribution in [-0.2, 0) is 6.54 Å². The van der Waals surface area contributed by atoms with Gasteiger partial charge in [0.1, 0.15) is 5.56 Å². The molecule has 0 spiro atoms. The van der Waals surface area contributed by atoms with Gasteiger partial charge in [-0.25, -0.2) is 0 Å². The number of amides is 1. The highest BCUT2D eigenvalue weighted by atomic mass is 16.2. The molecule has 1 saturated heterocycles. The summed E-state index contributed by atoms with van der Waals surface area (Å²) in [6.07, 6.45) is 7.61. The van der Waals surface area contributed by atoms with Gasteiger partial charge in [-0.1, -0.05) is 18.2 Å². The van der Waals surface area contributed by atoms with Crippen LogP contribution in [0.15, 0.2) is 53.6 Å². The largest absolute Gasteiger partial charge is 0.335 e. The van der Waals surface area contributed by atoms with Crippen LogP contribution in [0.5, 0.6) is 0 Å². The first-order valence-electron chi connectivity index (χ1n) is 9.13. The van der Waals surface area contributed by atoms with E-state index in [9.17, 15) is 9.59 Å². The number of hydrogen-bond donors (Lipinski definition) is 1. The molecule has 1 atom stereocenters. The molecule has 3 aromatic rings. The molecule has 6 nitrogen and oxygen atoms in total. The van der Waals surface area contributed by atoms with Crippen molar-refractivity contribution in [3.63, 3.8) is 0 Å². The van der Waals surface area contributed by atoms with Gasteiger partial charge in [0.2, 0.25) is 0 Å². The Morgan fingerprint density at radius 3 is 2.96 bits per heavy atom. The molecule has 1 aliphatic rings. The maximum absolute atomic E-state index is 13.1. The molecule has 0 unspecified atom stereocenters. The van der Waals surface area contributed by atoms with Crippen molar-refractivity contribution in [3.05, 3.63) is 64.7 Å². The lowest BCUT2D eigenvalue weighted by Gasteiger charge is -2.35. The third-order valence-electron chi connectivity index (χ3n) is 5.12. The molecular weight excluding hydrogens is 328 g/mol. The Labute approximate surface area is 151 Å². The number of hydrogen-bond acceptors (Lipinski definition) is 3. The van der Waals surface area contributed by atoms with Crippen LogP contribution in [0.1, 0.15) is 36.0 Å². The Morgan fingerprint density at radius 2 is 2.12 bits per heavy atom. The zero-order valence-corrected chi connectivity index (χ0v) is 14.6. The standard InChI is InChI=1S/C20H22N4O2/c25-19-17(14-15-6-1-2-8-18(15)22-19)20(26)24-12-4-3-7-16(24)9-13-23-11-5-10-21-23/h1-2,5-6,8,10-11,14,16H,3-4,7,9,12-13H2,(H,22,25)/t16-/m0/s1. The third kappa shape index (κ3) is 3.27. The Balaban J connectivity index is 1.58. The minimum Gasteiger partial charge on any atom is -0.335 e. The van der Waals surface area contributed by atoms with E-state index in [1.54, 1.807) is 12.3 Å². The van der Waals surface area contributed by atoms with Crippen LogP contribution in [-0.4, -0.2) is 38.2 Å². The molecule has 4 rings (SSSR count). The number of aromatic nitrogens is 3. The lowest BCUT2D eigenvalue weighted by atomic mass is 9.98. The van der Waals surface area contributed by atoms with Gasteiger partial charge < -0.3 is 9.88 Å². The molecule has 0 radical (unpaired) electrons. The monoisotopic (exact) mass is 350 g/mol. The van der Waals surface area contributed by atoms with Gasteiger partial charge in [-0.3, -0.25) is 14.3 Å². The van der Waals surface area contributed by atoms with Crippen LogP contribution in [0.3, 0.4) is 0 Å². The summed E-state index contributed by atoms with van der Waals surface area (Å²) in [5.74, 6) is -0.165. The van der Waals surface area contributed by atoms with E-state index in [1.165, 1.54) is 0 Å². The number of likely N-dealkylation sites (tertiary alicyclic amines) is 1. The molecule has 2 aromatic heterocycles. The average Bonchev–Trinajstić information content (AvgIpc) is 3.19. The maximum atomic E-state index is 13.1. The number of nitrogens with one attached hydrogen (secondary N) is 1. The summed E-state index contributed by atoms with van der Waals surface area (Å²) < 4.78 is 1.89. The van der Waals surface area contributed by atoms with Gasteiger partial charge >= 0.3 is 0 Å². The van der Waals surface area contributed by atoms with E-state index in [1.807, 2.05) is 46.1 Å². The van der Waals surface area contributed by atoms with Crippen LogP contribution >= 0.6 is 0 Å². The minimum atomic E-state index is -0.315. The number of carbonyl (C=O) groups excluding carboxylic acids is 1. The molecule has 6 heteroatoms. The van der Waals surface area contributed by atoms with Gasteiger partial charge in [-0.05, 0) is 49.3 Å². The van der Waals surface area contributed by atoms with Gasteiger partial charge in [0, 0.05) is 37.0 Å². The van der Waals surface area contributed by atoms with E-state index in [4.69, 9.17) is 0 Å². The highest BCUT2D eigenvalue weighted by Gasteiger charge is 2.28. The van der Waals surface area contributed by atoms with Crippen LogP contribution in [0.2, 0.25) is 0 Å². The topological polar surface area (TPSA) is 71.0 Å². The predicted octanol–water partition coefficient (Wildman–Crippen LogP) is 2.81. The molecule has 3 heterocycles. The second kappa shape index (κ2) is 7.15. The lowest BCUT2D eigenvalue weighted by Crippen LogP contribution is -2.45. The third-order valence-corrected chi connectivity index (χ3v) is 5.12. The van der Waals surface area contributed by atoms with E-state index >= 15 is 0 Å². The van der Waals surface area contributed by atoms with Crippen LogP contribution in [0, 0.1) is 0 Å². The van der Waals surface area contributed by atoms with Crippen molar-refractivity contribution in [1.82, 2.24) is 19.7 Å². The van der Waals surface area contributed by atoms with Gasteiger partial charge in [0.15, 0.2) is 0 Å². The average molecular weight is 350 g/mol. The summed E-state index contributed by atoms with van der Waals surface area (Å²) >= 11 is 0. The number of carbonyl (C=O) groups is 1. The van der Waals surface area contributed by atoms with Gasteiger partial charge in [0.05, 0.1) is 0 Å². The zero-order valence-electron chi connectivity index (χ0n) is 14.6. The number of piperidine rings is 1. The van der Waals surface area contributed by atoms with E-state index in [2.05, 4.69) is 10.1 Å². The number of aromatic amines is 1. The predicted molar refractivity (Wildman–Crippen MR) is 100 cm³/mol. The zero-order chi connectivity index (χ0) is 17.9. The van der Waals surface area contributed by atoms with Gasteiger partial charge in [-0.2, -0.15) is 5.10 Å². The summed E-state index contributed by atoms with van der Waals surface area (Å²) in [4.78, 5) is 30.3. The number of fused-ring (bicyclic) bond motifs is 1. The molecule has 0 saturated carbocycles. The molecule has 0 bridgehead atoms. The fraction of sp³-hybridized carbons (Fsp3) is 0.350. The fourth-order valence-electron chi connectivity index (χ4n) is 3.74. The highest BCUT2D eigenvalue weighted by molar-refractivity contribution is 5.97. The van der Waals surface area contributed by atoms with Gasteiger partial charge in [-0.15, -0.1) is 0 Å².